The smallest absolute Gasteiger partial charge is 0.282 e. The molecule has 8 N–H and O–H groups in total. The van der Waals surface area contributed by atoms with Crippen LogP contribution in [0.2, 0.25) is 0 Å². The maximum atomic E-state index is 15.5. The molecule has 0 bridgehead atoms. The summed E-state index contributed by atoms with van der Waals surface area (Å²) in [7, 11) is 0. The van der Waals surface area contributed by atoms with Crippen LogP contribution in [0.3, 0.4) is 0 Å². The van der Waals surface area contributed by atoms with E-state index in [1.165, 1.54) is 0 Å². The Morgan fingerprint density at radius 3 is 2.50 bits per heavy atom. The van der Waals surface area contributed by atoms with Gasteiger partial charge in [0.1, 0.15) is 30.4 Å². The average Bonchev–Trinajstić information content (AvgIpc) is 3.70. The van der Waals surface area contributed by atoms with E-state index in [4.69, 9.17) is 37.3 Å². The van der Waals surface area contributed by atoms with E-state index < -0.39 is 74.0 Å². The maximum absolute atomic E-state index is 15.5. The Kier molecular flexibility index (Phi) is 7.33. The number of nitrogens with one attached hydrogen (secondary N) is 1. The summed E-state index contributed by atoms with van der Waals surface area (Å²) in [6.07, 6.45) is -10.2. The monoisotopic (exact) mass is 632 g/mol. The van der Waals surface area contributed by atoms with Crippen molar-refractivity contribution in [3.05, 3.63) is 16.7 Å². The lowest BCUT2D eigenvalue weighted by atomic mass is 10.1. The van der Waals surface area contributed by atoms with Gasteiger partial charge in [-0.1, -0.05) is 10.4 Å². The van der Waals surface area contributed by atoms with Gasteiger partial charge in [0.15, 0.2) is 53.3 Å². The van der Waals surface area contributed by atoms with E-state index >= 15 is 8.78 Å². The zero-order chi connectivity index (χ0) is 29.9. The van der Waals surface area contributed by atoms with Crippen LogP contribution < -0.4 is 17.0 Å². The molecule has 2 fully saturated rings. The van der Waals surface area contributed by atoms with Crippen LogP contribution >= 0.6 is 6.49 Å². The van der Waals surface area contributed by atoms with Gasteiger partial charge in [-0.3, -0.25) is 9.78 Å². The van der Waals surface area contributed by atoms with Gasteiger partial charge < -0.3 is 40.6 Å². The van der Waals surface area contributed by atoms with Gasteiger partial charge in [0.05, 0.1) is 19.3 Å². The number of rotatable bonds is 8. The molecule has 2 aliphatic rings. The molecule has 2 aliphatic heterocycles. The van der Waals surface area contributed by atoms with Gasteiger partial charge in [-0.2, -0.15) is 14.3 Å². The van der Waals surface area contributed by atoms with Gasteiger partial charge in [0.2, 0.25) is 5.95 Å². The van der Waals surface area contributed by atoms with Gasteiger partial charge >= 0.3 is 0 Å². The summed E-state index contributed by atoms with van der Waals surface area (Å²) in [4.78, 5) is 37.3. The second-order valence-corrected chi connectivity index (χ2v) is 13.0. The third kappa shape index (κ3) is 4.68. The van der Waals surface area contributed by atoms with Crippen molar-refractivity contribution < 1.29 is 37.9 Å². The molecule has 1 unspecified atom stereocenters. The maximum Gasteiger partial charge on any atom is 0.282 e. The number of hydrogen-bond donors (Lipinski definition) is 6. The van der Waals surface area contributed by atoms with Gasteiger partial charge in [0.25, 0.3) is 5.56 Å². The Morgan fingerprint density at radius 1 is 1.07 bits per heavy atom. The topological polar surface area (TPSA) is 273 Å². The molecule has 9 atom stereocenters. The number of hydrogen-bond acceptors (Lipinski definition) is 16. The SMILES string of the molecule is Nc1nc2c(nnn2[C@@H]2O[C@H](CO)[C@@H](F)[C@H]2P(O)(=S)OCC[C@H]2O[C@@H](n3nnc4c(N)ncnc43)[C@@H](F)[C@@H]2O)c(=O)[nH]1. The molecule has 0 amide bonds. The number of ether oxygens (including phenoxy) is 2. The molecule has 19 nitrogen and oxygen atoms in total. The first kappa shape index (κ1) is 28.7. The normalized spacial score (nSPS) is 31.3. The van der Waals surface area contributed by atoms with E-state index in [0.717, 1.165) is 15.7 Å². The van der Waals surface area contributed by atoms with E-state index in [0.29, 0.717) is 0 Å². The molecule has 0 saturated carbocycles. The number of anilines is 2. The Hall–Kier alpha value is -3.37. The zero-order valence-electron chi connectivity index (χ0n) is 21.1. The van der Waals surface area contributed by atoms with E-state index in [1.807, 2.05) is 0 Å². The van der Waals surface area contributed by atoms with Crippen molar-refractivity contribution in [2.45, 2.75) is 55.2 Å². The van der Waals surface area contributed by atoms with Crippen molar-refractivity contribution >= 4 is 52.4 Å². The predicted molar refractivity (Wildman–Crippen MR) is 139 cm³/mol. The summed E-state index contributed by atoms with van der Waals surface area (Å²) in [5.74, 6) is -0.261. The number of H-pyrrole nitrogens is 1. The van der Waals surface area contributed by atoms with Crippen molar-refractivity contribution in [2.75, 3.05) is 24.7 Å². The van der Waals surface area contributed by atoms with Crippen molar-refractivity contribution in [1.29, 1.82) is 0 Å². The first-order chi connectivity index (χ1) is 20.0. The van der Waals surface area contributed by atoms with Crippen molar-refractivity contribution in [2.24, 2.45) is 0 Å². The third-order valence-electron chi connectivity index (χ3n) is 6.94. The molecule has 6 heterocycles. The van der Waals surface area contributed by atoms with Crippen LogP contribution in [-0.2, 0) is 25.8 Å². The second kappa shape index (κ2) is 10.7. The van der Waals surface area contributed by atoms with Crippen molar-refractivity contribution in [3.8, 4) is 0 Å². The van der Waals surface area contributed by atoms with E-state index in [-0.39, 0.29) is 40.5 Å². The number of nitrogens with two attached hydrogens (primary N) is 2. The number of fused-ring (bicyclic) bond motifs is 2. The summed E-state index contributed by atoms with van der Waals surface area (Å²) in [5, 5.41) is 35.3. The van der Waals surface area contributed by atoms with Crippen LogP contribution in [0.1, 0.15) is 18.9 Å². The first-order valence-electron chi connectivity index (χ1n) is 12.3. The second-order valence-electron chi connectivity index (χ2n) is 9.49. The number of aromatic nitrogens is 10. The molecule has 4 aromatic rings. The number of aromatic amines is 1. The number of aliphatic hydroxyl groups excluding tert-OH is 2. The molecule has 226 valence electrons. The Morgan fingerprint density at radius 2 is 1.76 bits per heavy atom. The summed E-state index contributed by atoms with van der Waals surface area (Å²) in [5.41, 5.74) is 8.83. The molecule has 6 rings (SSSR count). The standard InChI is InChI=1S/C19H23F2N12O7PS/c20-7-6(3-34)40-18(33-15-10(29-31-33)16(36)27-19(23)26-15)12(7)41(37,42)38-2-1-5-11(35)8(21)17(39-5)32-14-9(28-30-32)13(22)24-4-25-14/h4-8,11-12,17-18,34-35H,1-3H2,(H,37,42)(H2,22,24,25)(H3,23,26,27,36)/t5-,6-,7-,8+,11-,12-,17-,18-,41?/m1/s1. The van der Waals surface area contributed by atoms with Crippen LogP contribution in [-0.4, -0.2) is 115 Å². The minimum atomic E-state index is -4.14. The minimum Gasteiger partial charge on any atom is -0.394 e. The highest BCUT2D eigenvalue weighted by atomic mass is 32.5. The first-order valence-corrected chi connectivity index (χ1v) is 15.0. The summed E-state index contributed by atoms with van der Waals surface area (Å²) >= 11 is 5.29. The van der Waals surface area contributed by atoms with Gasteiger partial charge in [0, 0.05) is 6.42 Å². The molecule has 0 spiro atoms. The minimum absolute atomic E-state index is 0.0209. The Labute approximate surface area is 237 Å². The lowest BCUT2D eigenvalue weighted by molar-refractivity contribution is -0.0389. The van der Waals surface area contributed by atoms with Crippen LogP contribution in [0.4, 0.5) is 20.5 Å². The molecule has 0 aromatic carbocycles. The van der Waals surface area contributed by atoms with Gasteiger partial charge in [-0.25, -0.2) is 18.7 Å². The molecule has 4 aromatic heterocycles. The quantitative estimate of drug-likeness (QED) is 0.113. The molecular formula is C19H23F2N12O7PS. The van der Waals surface area contributed by atoms with Crippen LogP contribution in [0.25, 0.3) is 22.3 Å². The molecule has 0 radical (unpaired) electrons. The Balaban J connectivity index is 1.19. The van der Waals surface area contributed by atoms with E-state index in [9.17, 15) is 19.9 Å². The molecular weight excluding hydrogens is 609 g/mol. The number of nitrogens with zero attached hydrogens (tertiary/aromatic N) is 9. The lowest BCUT2D eigenvalue weighted by Gasteiger charge is -2.27. The fourth-order valence-electron chi connectivity index (χ4n) is 4.91. The molecule has 0 aliphatic carbocycles. The van der Waals surface area contributed by atoms with E-state index in [1.54, 1.807) is 0 Å². The summed E-state index contributed by atoms with van der Waals surface area (Å²) in [6.45, 7) is -5.31. The molecule has 23 heteroatoms. The number of alkyl halides is 2. The fraction of sp³-hybridized carbons (Fsp3) is 0.579. The number of aliphatic hydroxyl groups is 2. The third-order valence-corrected chi connectivity index (χ3v) is 9.83. The molecule has 2 saturated heterocycles. The van der Waals surface area contributed by atoms with Gasteiger partial charge in [-0.15, -0.1) is 10.2 Å². The summed E-state index contributed by atoms with van der Waals surface area (Å²) in [6, 6.07) is 0. The highest BCUT2D eigenvalue weighted by Crippen LogP contribution is 2.58. The van der Waals surface area contributed by atoms with Crippen LogP contribution in [0.15, 0.2) is 11.1 Å². The van der Waals surface area contributed by atoms with Crippen molar-refractivity contribution in [1.82, 2.24) is 49.9 Å². The van der Waals surface area contributed by atoms with Gasteiger partial charge in [-0.05, 0) is 11.8 Å². The predicted octanol–water partition coefficient (Wildman–Crippen LogP) is -2.18. The Bertz CT molecular complexity index is 1740. The van der Waals surface area contributed by atoms with Crippen LogP contribution in [0, 0.1) is 0 Å². The molecule has 42 heavy (non-hydrogen) atoms. The number of halogens is 2. The lowest BCUT2D eigenvalue weighted by Crippen LogP contribution is -2.32. The highest BCUT2D eigenvalue weighted by Gasteiger charge is 2.54. The van der Waals surface area contributed by atoms with E-state index in [2.05, 4.69) is 40.6 Å². The zero-order valence-corrected chi connectivity index (χ0v) is 22.8. The average molecular weight is 633 g/mol. The summed E-state index contributed by atoms with van der Waals surface area (Å²) < 4.78 is 49.3. The highest BCUT2D eigenvalue weighted by molar-refractivity contribution is 8.09. The number of nitrogen functional groups attached to an aromatic ring is 2. The van der Waals surface area contributed by atoms with Crippen LogP contribution in [0.5, 0.6) is 0 Å². The fourth-order valence-corrected chi connectivity index (χ4v) is 7.40. The largest absolute Gasteiger partial charge is 0.394 e. The van der Waals surface area contributed by atoms with Crippen molar-refractivity contribution in [3.63, 3.8) is 0 Å².